The fourth-order valence-electron chi connectivity index (χ4n) is 10.6. The molecule has 0 nitrogen and oxygen atoms in total. The Morgan fingerprint density at radius 2 is 0.386 bits per heavy atom. The normalized spacial score (nSPS) is 11.8. The molecular formula is C54H18B16. The van der Waals surface area contributed by atoms with Gasteiger partial charge in [0, 0.05) is 0 Å². The number of rotatable bonds is 4. The van der Waals surface area contributed by atoms with Crippen LogP contribution in [0.5, 0.6) is 0 Å². The van der Waals surface area contributed by atoms with Gasteiger partial charge in [0.25, 0.3) is 0 Å². The molecule has 0 saturated carbocycles. The van der Waals surface area contributed by atoms with Gasteiger partial charge in [0.2, 0.25) is 0 Å². The Balaban J connectivity index is 1.31. The minimum Gasteiger partial charge on any atom is -0.110 e. The van der Waals surface area contributed by atoms with Crippen molar-refractivity contribution in [2.24, 2.45) is 0 Å². The van der Waals surface area contributed by atoms with E-state index in [0.717, 1.165) is 32.7 Å². The molecule has 0 N–H and O–H groups in total. The van der Waals surface area contributed by atoms with Gasteiger partial charge in [-0.25, -0.2) is 0 Å². The molecule has 0 unspecified atom stereocenters. The van der Waals surface area contributed by atoms with Crippen molar-refractivity contribution in [3.63, 3.8) is 0 Å². The second-order valence-electron chi connectivity index (χ2n) is 17.8. The zero-order valence-corrected chi connectivity index (χ0v) is 37.6. The molecular weight excluding hydrogens is 822 g/mol. The molecule has 0 bridgehead atoms. The van der Waals surface area contributed by atoms with Crippen LogP contribution in [0.3, 0.4) is 0 Å². The van der Waals surface area contributed by atoms with E-state index < -0.39 is 0 Å². The van der Waals surface area contributed by atoms with E-state index in [9.17, 15) is 0 Å². The maximum Gasteiger partial charge on any atom is 0.113 e. The van der Waals surface area contributed by atoms with Gasteiger partial charge in [-0.3, -0.25) is 0 Å². The molecule has 0 aliphatic rings. The van der Waals surface area contributed by atoms with E-state index in [4.69, 9.17) is 126 Å². The van der Waals surface area contributed by atoms with E-state index in [0.29, 0.717) is 76.5 Å². The van der Waals surface area contributed by atoms with Crippen molar-refractivity contribution in [1.29, 1.82) is 0 Å². The molecule has 11 rings (SSSR count). The Labute approximate surface area is 428 Å². The van der Waals surface area contributed by atoms with Gasteiger partial charge in [0.05, 0.1) is 0 Å². The molecule has 16 heteroatoms. The Kier molecular flexibility index (Phi) is 11.2. The van der Waals surface area contributed by atoms with Crippen LogP contribution in [0.4, 0.5) is 0 Å². The monoisotopic (exact) mass is 842 g/mol. The highest BCUT2D eigenvalue weighted by Gasteiger charge is 2.27. The average molecular weight is 840 g/mol. The summed E-state index contributed by atoms with van der Waals surface area (Å²) in [5.74, 6) is 0. The first-order chi connectivity index (χ1) is 33.5. The topological polar surface area (TPSA) is 0 Å². The van der Waals surface area contributed by atoms with E-state index in [1.807, 2.05) is 109 Å². The zero-order valence-electron chi connectivity index (χ0n) is 37.6. The molecule has 0 aliphatic heterocycles. The summed E-state index contributed by atoms with van der Waals surface area (Å²) in [6.07, 6.45) is 0. The molecule has 0 aliphatic carbocycles. The second-order valence-corrected chi connectivity index (χ2v) is 17.8. The van der Waals surface area contributed by atoms with Crippen molar-refractivity contribution < 1.29 is 0 Å². The van der Waals surface area contributed by atoms with Crippen molar-refractivity contribution in [1.82, 2.24) is 0 Å². The number of benzene rings is 11. The largest absolute Gasteiger partial charge is 0.113 e. The van der Waals surface area contributed by atoms with Crippen molar-refractivity contribution in [2.45, 2.75) is 0 Å². The molecule has 0 amide bonds. The van der Waals surface area contributed by atoms with Crippen LogP contribution in [0, 0.1) is 0 Å². The van der Waals surface area contributed by atoms with Crippen LogP contribution in [0.15, 0.2) is 109 Å². The maximum atomic E-state index is 7.07. The van der Waals surface area contributed by atoms with Gasteiger partial charge in [-0.05, 0) is 121 Å². The lowest BCUT2D eigenvalue weighted by atomic mass is 9.59. The standard InChI is InChI=1S/C54H18B16/c55-39-31-27(21-7-3-1-4-8-21)32-36(44(60)52(68)48(64)40(32)56)29(35(31)43(59)51(67)47(39)63)23-15-13-19-11-12-20-14-16-24(18-26(20)25(19)17-23)30-37-33(41(57)49(65)53(69)45(37)61)28(22-9-5-2-6-10-22)34-38(30)46(62)54(70)50(66)42(34)58/h1-18H. The Morgan fingerprint density at radius 3 is 0.614 bits per heavy atom. The molecule has 0 atom stereocenters. The summed E-state index contributed by atoms with van der Waals surface area (Å²) >= 11 is 0. The Bertz CT molecular complexity index is 3740. The Morgan fingerprint density at radius 1 is 0.186 bits per heavy atom. The minimum atomic E-state index is 0.109. The summed E-state index contributed by atoms with van der Waals surface area (Å²) in [5.41, 5.74) is 7.70. The van der Waals surface area contributed by atoms with Crippen LogP contribution in [-0.4, -0.2) is 126 Å². The first-order valence-corrected chi connectivity index (χ1v) is 22.1. The number of hydrogen-bond donors (Lipinski definition) is 0. The van der Waals surface area contributed by atoms with E-state index in [-0.39, 0.29) is 87.4 Å². The lowest BCUT2D eigenvalue weighted by molar-refractivity contribution is 1.69. The van der Waals surface area contributed by atoms with Crippen LogP contribution < -0.4 is 87.4 Å². The highest BCUT2D eigenvalue weighted by molar-refractivity contribution is 6.73. The number of hydrogen-bond acceptors (Lipinski definition) is 0. The first kappa shape index (κ1) is 46.4. The quantitative estimate of drug-likeness (QED) is 0.0965. The van der Waals surface area contributed by atoms with Crippen LogP contribution in [0.1, 0.15) is 0 Å². The van der Waals surface area contributed by atoms with Gasteiger partial charge < -0.3 is 0 Å². The summed E-state index contributed by atoms with van der Waals surface area (Å²) in [5, 5.41) is 7.50. The van der Waals surface area contributed by atoms with Crippen molar-refractivity contribution in [2.75, 3.05) is 0 Å². The molecule has 282 valence electrons. The molecule has 0 spiro atoms. The highest BCUT2D eigenvalue weighted by atomic mass is 14.3. The fourth-order valence-corrected chi connectivity index (χ4v) is 10.6. The predicted molar refractivity (Wildman–Crippen MR) is 319 cm³/mol. The predicted octanol–water partition coefficient (Wildman–Crippen LogP) is -4.03. The van der Waals surface area contributed by atoms with Crippen LogP contribution in [-0.2, 0) is 0 Å². The summed E-state index contributed by atoms with van der Waals surface area (Å²) in [6, 6.07) is 35.2. The van der Waals surface area contributed by atoms with E-state index >= 15 is 0 Å². The van der Waals surface area contributed by atoms with Gasteiger partial charge >= 0.3 is 0 Å². The number of fused-ring (bicyclic) bond motifs is 7. The maximum absolute atomic E-state index is 7.07. The Hall–Kier alpha value is -5.98. The van der Waals surface area contributed by atoms with Gasteiger partial charge in [-0.1, -0.05) is 141 Å². The van der Waals surface area contributed by atoms with Crippen LogP contribution in [0.2, 0.25) is 0 Å². The molecule has 11 aromatic carbocycles. The molecule has 0 heterocycles. The fraction of sp³-hybridized carbons (Fsp3) is 0. The highest BCUT2D eigenvalue weighted by Crippen LogP contribution is 2.44. The van der Waals surface area contributed by atoms with E-state index in [1.54, 1.807) is 0 Å². The smallest absolute Gasteiger partial charge is 0.110 e. The molecule has 32 radical (unpaired) electrons. The second kappa shape index (κ2) is 16.8. The van der Waals surface area contributed by atoms with Gasteiger partial charge in [0.15, 0.2) is 0 Å². The summed E-state index contributed by atoms with van der Waals surface area (Å²) < 4.78 is 0. The molecule has 11 aromatic rings. The summed E-state index contributed by atoms with van der Waals surface area (Å²) in [7, 11) is 110. The van der Waals surface area contributed by atoms with Crippen molar-refractivity contribution in [3.05, 3.63) is 109 Å². The summed E-state index contributed by atoms with van der Waals surface area (Å²) in [6.45, 7) is 0. The zero-order chi connectivity index (χ0) is 49.5. The van der Waals surface area contributed by atoms with Crippen molar-refractivity contribution in [3.8, 4) is 44.5 Å². The molecule has 0 fully saturated rings. The minimum absolute atomic E-state index is 0.109. The SMILES string of the molecule is [B]c1c([B])c([B])c2c(-c3ccc4ccc5ccc(-c6c7c([B])c([B])c([B])c([B])c7c(-c7ccccc7)c7c([B])c([B])c([B])c([B])c67)cc5c4c3)c3c([B])c([B])c([B])c([B])c3c(-c3ccccc3)c2c1[B]. The lowest BCUT2D eigenvalue weighted by Gasteiger charge is -2.29. The van der Waals surface area contributed by atoms with Gasteiger partial charge in [-0.2, -0.15) is 0 Å². The molecule has 70 heavy (non-hydrogen) atoms. The van der Waals surface area contributed by atoms with Crippen molar-refractivity contribution >= 4 is 278 Å². The molecule has 0 aromatic heterocycles. The van der Waals surface area contributed by atoms with Crippen LogP contribution in [0.25, 0.3) is 109 Å². The average Bonchev–Trinajstić information content (AvgIpc) is 3.38. The summed E-state index contributed by atoms with van der Waals surface area (Å²) in [4.78, 5) is 0. The third-order valence-electron chi connectivity index (χ3n) is 14.2. The van der Waals surface area contributed by atoms with E-state index in [1.165, 1.54) is 0 Å². The van der Waals surface area contributed by atoms with E-state index in [2.05, 4.69) is 0 Å². The third-order valence-corrected chi connectivity index (χ3v) is 14.2. The van der Waals surface area contributed by atoms with Gasteiger partial charge in [0.1, 0.15) is 126 Å². The third kappa shape index (κ3) is 6.46. The van der Waals surface area contributed by atoms with Crippen LogP contribution >= 0.6 is 0 Å². The lowest BCUT2D eigenvalue weighted by Crippen LogP contribution is -2.50. The first-order valence-electron chi connectivity index (χ1n) is 22.1. The van der Waals surface area contributed by atoms with Gasteiger partial charge in [-0.15, -0.1) is 43.7 Å². The molecule has 0 saturated heterocycles.